The maximum absolute atomic E-state index is 4.32. The van der Waals surface area contributed by atoms with Crippen molar-refractivity contribution in [3.05, 3.63) is 162 Å². The highest BCUT2D eigenvalue weighted by molar-refractivity contribution is 6.09. The van der Waals surface area contributed by atoms with Crippen molar-refractivity contribution < 1.29 is 0 Å². The van der Waals surface area contributed by atoms with Crippen molar-refractivity contribution in [2.45, 2.75) is 74.7 Å². The minimum absolute atomic E-state index is 0.605. The van der Waals surface area contributed by atoms with Crippen LogP contribution >= 0.6 is 0 Å². The highest BCUT2D eigenvalue weighted by Gasteiger charge is 2.48. The van der Waals surface area contributed by atoms with E-state index in [0.717, 1.165) is 22.3 Å². The molecule has 43 heavy (non-hydrogen) atoms. The van der Waals surface area contributed by atoms with Gasteiger partial charge in [-0.1, -0.05) is 191 Å². The third-order valence-electron chi connectivity index (χ3n) is 6.86. The summed E-state index contributed by atoms with van der Waals surface area (Å²) in [5, 5.41) is 2.40. The smallest absolute Gasteiger partial charge is 0.0719 e. The molecule has 0 N–H and O–H groups in total. The van der Waals surface area contributed by atoms with Gasteiger partial charge in [-0.2, -0.15) is 0 Å². The van der Waals surface area contributed by atoms with Crippen LogP contribution in [-0.2, 0) is 5.41 Å². The summed E-state index contributed by atoms with van der Waals surface area (Å²) in [5.74, 6) is 0. The van der Waals surface area contributed by atoms with Gasteiger partial charge in [0, 0.05) is 0 Å². The van der Waals surface area contributed by atoms with Crippen molar-refractivity contribution >= 4 is 28.5 Å². The first-order valence-electron chi connectivity index (χ1n) is 16.0. The summed E-state index contributed by atoms with van der Waals surface area (Å²) < 4.78 is 0. The fraction of sp³-hybridized carbons (Fsp3) is 0.256. The fourth-order valence-corrected chi connectivity index (χ4v) is 5.73. The van der Waals surface area contributed by atoms with E-state index in [1.807, 2.05) is 79.7 Å². The summed E-state index contributed by atoms with van der Waals surface area (Å²) in [6.45, 7) is 37.1. The van der Waals surface area contributed by atoms with E-state index < -0.39 is 5.41 Å². The highest BCUT2D eigenvalue weighted by Crippen LogP contribution is 2.59. The molecule has 1 unspecified atom stereocenters. The Hall–Kier alpha value is -4.16. The molecule has 1 aliphatic carbocycles. The maximum Gasteiger partial charge on any atom is 0.0719 e. The van der Waals surface area contributed by atoms with Gasteiger partial charge < -0.3 is 0 Å². The topological polar surface area (TPSA) is 0 Å². The molecule has 3 aromatic carbocycles. The summed E-state index contributed by atoms with van der Waals surface area (Å²) in [6.07, 6.45) is 18.5. The molecule has 0 nitrogen and oxygen atoms in total. The van der Waals surface area contributed by atoms with Crippen molar-refractivity contribution in [2.75, 3.05) is 0 Å². The van der Waals surface area contributed by atoms with E-state index in [0.29, 0.717) is 0 Å². The molecular formula is C43H56. The number of hydrogen-bond acceptors (Lipinski definition) is 0. The minimum atomic E-state index is -0.605. The van der Waals surface area contributed by atoms with Crippen LogP contribution in [0.4, 0.5) is 0 Å². The van der Waals surface area contributed by atoms with Gasteiger partial charge in [0.05, 0.1) is 5.41 Å². The molecule has 4 rings (SSSR count). The lowest BCUT2D eigenvalue weighted by Gasteiger charge is -2.37. The average molecular weight is 573 g/mol. The van der Waals surface area contributed by atoms with Gasteiger partial charge in [-0.15, -0.1) is 0 Å². The molecular weight excluding hydrogens is 516 g/mol. The minimum Gasteiger partial charge on any atom is -0.0991 e. The first-order valence-corrected chi connectivity index (χ1v) is 16.0. The number of allylic oxidation sites excluding steroid dienone is 10. The molecule has 0 fully saturated rings. The van der Waals surface area contributed by atoms with Crippen LogP contribution in [0, 0.1) is 0 Å². The molecule has 3 aromatic rings. The van der Waals surface area contributed by atoms with Gasteiger partial charge in [0.15, 0.2) is 0 Å². The van der Waals surface area contributed by atoms with Crippen LogP contribution in [0.3, 0.4) is 0 Å². The van der Waals surface area contributed by atoms with Crippen molar-refractivity contribution in [1.82, 2.24) is 0 Å². The van der Waals surface area contributed by atoms with Crippen LogP contribution in [-0.4, -0.2) is 0 Å². The third kappa shape index (κ3) is 7.26. The van der Waals surface area contributed by atoms with E-state index in [-0.39, 0.29) is 0 Å². The third-order valence-corrected chi connectivity index (χ3v) is 6.86. The molecule has 0 heterocycles. The Labute approximate surface area is 265 Å². The Morgan fingerprint density at radius 2 is 1.19 bits per heavy atom. The van der Waals surface area contributed by atoms with Crippen LogP contribution in [0.5, 0.6) is 0 Å². The number of benzene rings is 3. The van der Waals surface area contributed by atoms with E-state index in [9.17, 15) is 0 Å². The standard InChI is InChI=1S/C35H32.4C2H6/c1-7-18-25(19-8-2)35(26-21-14-13-15-22-26)32(12-6)28(11-5)33-31-24-17-16-23-30(31)29(20-9-3)27(10-4)34(33)35;4*1-2/h7-24H,1,4-6H2,2-3H3;4*1-2H3/b19-8-,20-9-,25-18+;;;;. The largest absolute Gasteiger partial charge is 0.0991 e. The van der Waals surface area contributed by atoms with Crippen molar-refractivity contribution in [3.8, 4) is 0 Å². The molecule has 1 aliphatic rings. The van der Waals surface area contributed by atoms with E-state index >= 15 is 0 Å². The quantitative estimate of drug-likeness (QED) is 0.235. The van der Waals surface area contributed by atoms with Crippen molar-refractivity contribution in [1.29, 1.82) is 0 Å². The van der Waals surface area contributed by atoms with Crippen LogP contribution in [0.2, 0.25) is 0 Å². The predicted molar refractivity (Wildman–Crippen MR) is 202 cm³/mol. The SMILES string of the molecule is C=C/C=C(\C=C/C)C1(c2ccccc2)C(C=C)=C(C=C)c2c1c(C=C)c(/C=C\C)c1ccccc21.CC.CC.CC.CC. The molecule has 228 valence electrons. The Morgan fingerprint density at radius 3 is 1.65 bits per heavy atom. The molecule has 1 atom stereocenters. The second-order valence-electron chi connectivity index (χ2n) is 8.54. The lowest BCUT2D eigenvalue weighted by atomic mass is 9.64. The number of hydrogen-bond donors (Lipinski definition) is 0. The molecule has 0 spiro atoms. The predicted octanol–water partition coefficient (Wildman–Crippen LogP) is 13.7. The van der Waals surface area contributed by atoms with Gasteiger partial charge in [-0.3, -0.25) is 0 Å². The molecule has 0 aromatic heterocycles. The van der Waals surface area contributed by atoms with Crippen LogP contribution in [0.25, 0.3) is 28.5 Å². The van der Waals surface area contributed by atoms with E-state index in [4.69, 9.17) is 0 Å². The van der Waals surface area contributed by atoms with Gasteiger partial charge in [0.2, 0.25) is 0 Å². The van der Waals surface area contributed by atoms with Crippen molar-refractivity contribution in [2.24, 2.45) is 0 Å². The van der Waals surface area contributed by atoms with Gasteiger partial charge in [0.1, 0.15) is 0 Å². The molecule has 0 radical (unpaired) electrons. The summed E-state index contributed by atoms with van der Waals surface area (Å²) in [7, 11) is 0. The molecule has 0 aliphatic heterocycles. The Balaban J connectivity index is 0.00000204. The average Bonchev–Trinajstić information content (AvgIpc) is 3.40. The Morgan fingerprint density at radius 1 is 0.628 bits per heavy atom. The van der Waals surface area contributed by atoms with Gasteiger partial charge >= 0.3 is 0 Å². The lowest BCUT2D eigenvalue weighted by Crippen LogP contribution is -2.31. The first kappa shape index (κ1) is 38.8. The van der Waals surface area contributed by atoms with Crippen molar-refractivity contribution in [3.63, 3.8) is 0 Å². The van der Waals surface area contributed by atoms with E-state index in [1.165, 1.54) is 33.0 Å². The summed E-state index contributed by atoms with van der Waals surface area (Å²) in [6, 6.07) is 19.3. The van der Waals surface area contributed by atoms with E-state index in [1.54, 1.807) is 0 Å². The second kappa shape index (κ2) is 20.7. The number of rotatable bonds is 8. The van der Waals surface area contributed by atoms with Gasteiger partial charge in [-0.05, 0) is 69.2 Å². The molecule has 0 heteroatoms. The van der Waals surface area contributed by atoms with Crippen LogP contribution in [0.15, 0.2) is 135 Å². The van der Waals surface area contributed by atoms with Gasteiger partial charge in [-0.25, -0.2) is 0 Å². The first-order chi connectivity index (χ1) is 21.1. The molecule has 0 amide bonds. The van der Waals surface area contributed by atoms with Gasteiger partial charge in [0.25, 0.3) is 0 Å². The summed E-state index contributed by atoms with van der Waals surface area (Å²) in [5.41, 5.74) is 8.60. The van der Waals surface area contributed by atoms with E-state index in [2.05, 4.69) is 125 Å². The van der Waals surface area contributed by atoms with Crippen LogP contribution < -0.4 is 0 Å². The number of fused-ring (bicyclic) bond motifs is 3. The lowest BCUT2D eigenvalue weighted by molar-refractivity contribution is 0.759. The van der Waals surface area contributed by atoms with Crippen LogP contribution in [0.1, 0.15) is 97.1 Å². The fourth-order valence-electron chi connectivity index (χ4n) is 5.73. The Bertz CT molecular complexity index is 1450. The second-order valence-corrected chi connectivity index (χ2v) is 8.54. The zero-order chi connectivity index (χ0) is 33.0. The maximum atomic E-state index is 4.32. The normalized spacial score (nSPS) is 15.1. The summed E-state index contributed by atoms with van der Waals surface area (Å²) >= 11 is 0. The zero-order valence-corrected chi connectivity index (χ0v) is 28.7. The molecule has 0 bridgehead atoms. The zero-order valence-electron chi connectivity index (χ0n) is 28.7. The Kier molecular flexibility index (Phi) is 18.7. The monoisotopic (exact) mass is 572 g/mol. The highest BCUT2D eigenvalue weighted by atomic mass is 14.5. The molecule has 0 saturated carbocycles. The molecule has 0 saturated heterocycles. The summed E-state index contributed by atoms with van der Waals surface area (Å²) in [4.78, 5) is 0.